The van der Waals surface area contributed by atoms with E-state index in [1.165, 1.54) is 0 Å². The van der Waals surface area contributed by atoms with Gasteiger partial charge in [-0.25, -0.2) is 0 Å². The standard InChI is InChI=1S/C18H20FO2P/c1-10-6-12(3)17-15(8-10)14(5)16-9-11(2)7-13(4)18(16)21-22(19)20-17/h6-9,14H,1-5H3/i19-1. The smallest absolute Gasteiger partial charge is 0.414 e. The quantitative estimate of drug-likeness (QED) is 0.551. The van der Waals surface area contributed by atoms with Crippen molar-refractivity contribution in [3.05, 3.63) is 57.6 Å². The Bertz CT molecular complexity index is 681. The average Bonchev–Trinajstić information content (AvgIpc) is 2.42. The molecule has 1 aliphatic heterocycles. The predicted molar refractivity (Wildman–Crippen MR) is 88.6 cm³/mol. The van der Waals surface area contributed by atoms with Gasteiger partial charge in [0.05, 0.1) is 0 Å². The summed E-state index contributed by atoms with van der Waals surface area (Å²) in [7, 11) is -2.48. The average molecular weight is 317 g/mol. The maximum atomic E-state index is 14.3. The maximum absolute atomic E-state index is 14.3. The number of aryl methyl sites for hydroxylation is 4. The molecule has 2 nitrogen and oxygen atoms in total. The molecule has 22 heavy (non-hydrogen) atoms. The van der Waals surface area contributed by atoms with Crippen LogP contribution in [-0.4, -0.2) is 0 Å². The minimum absolute atomic E-state index is 0.0888. The molecule has 0 amide bonds. The van der Waals surface area contributed by atoms with E-state index in [2.05, 4.69) is 32.9 Å². The third-order valence-electron chi connectivity index (χ3n) is 4.15. The zero-order valence-electron chi connectivity index (χ0n) is 13.5. The maximum Gasteiger partial charge on any atom is 0.505 e. The second kappa shape index (κ2) is 5.55. The molecular weight excluding hydrogens is 297 g/mol. The first kappa shape index (κ1) is 15.3. The van der Waals surface area contributed by atoms with E-state index in [4.69, 9.17) is 9.05 Å². The van der Waals surface area contributed by atoms with Crippen molar-refractivity contribution in [2.24, 2.45) is 0 Å². The van der Waals surface area contributed by atoms with Gasteiger partial charge in [0.25, 0.3) is 0 Å². The van der Waals surface area contributed by atoms with E-state index < -0.39 is 8.69 Å². The normalized spacial score (nSPS) is 20.1. The lowest BCUT2D eigenvalue weighted by molar-refractivity contribution is 0.422. The first-order valence-corrected chi connectivity index (χ1v) is 8.47. The number of hydrogen-bond acceptors (Lipinski definition) is 2. The van der Waals surface area contributed by atoms with Crippen LogP contribution in [0.4, 0.5) is 4.20 Å². The second-order valence-corrected chi connectivity index (χ2v) is 6.91. The Kier molecular flexibility index (Phi) is 3.86. The SMILES string of the molecule is Cc1cc(C)c2c(c1)C(C)c1cc(C)cc(C)c1OP([18F])O2. The van der Waals surface area contributed by atoms with Crippen molar-refractivity contribution in [1.82, 2.24) is 0 Å². The van der Waals surface area contributed by atoms with Crippen LogP contribution in [0.2, 0.25) is 0 Å². The van der Waals surface area contributed by atoms with Crippen LogP contribution in [0.5, 0.6) is 11.5 Å². The van der Waals surface area contributed by atoms with Crippen molar-refractivity contribution in [3.63, 3.8) is 0 Å². The molecule has 0 aromatic heterocycles. The summed E-state index contributed by atoms with van der Waals surface area (Å²) in [6, 6.07) is 8.20. The fourth-order valence-corrected chi connectivity index (χ4v) is 4.02. The summed E-state index contributed by atoms with van der Waals surface area (Å²) in [5.41, 5.74) is 6.26. The van der Waals surface area contributed by atoms with Crippen LogP contribution in [0.15, 0.2) is 24.3 Å². The van der Waals surface area contributed by atoms with Crippen LogP contribution in [-0.2, 0) is 0 Å². The summed E-state index contributed by atoms with van der Waals surface area (Å²) < 4.78 is 25.3. The van der Waals surface area contributed by atoms with Crippen LogP contribution in [0.1, 0.15) is 46.2 Å². The lowest BCUT2D eigenvalue weighted by Gasteiger charge is -2.27. The van der Waals surface area contributed by atoms with Gasteiger partial charge in [0, 0.05) is 17.0 Å². The number of hydrogen-bond donors (Lipinski definition) is 0. The van der Waals surface area contributed by atoms with Crippen LogP contribution in [0, 0.1) is 27.7 Å². The van der Waals surface area contributed by atoms with Crippen molar-refractivity contribution < 1.29 is 13.2 Å². The van der Waals surface area contributed by atoms with Gasteiger partial charge in [-0.15, -0.1) is 4.20 Å². The van der Waals surface area contributed by atoms with E-state index in [0.717, 1.165) is 33.4 Å². The molecule has 3 rings (SSSR count). The lowest BCUT2D eigenvalue weighted by Crippen LogP contribution is -2.09. The molecule has 0 spiro atoms. The van der Waals surface area contributed by atoms with E-state index in [0.29, 0.717) is 11.5 Å². The van der Waals surface area contributed by atoms with Gasteiger partial charge in [-0.1, -0.05) is 42.3 Å². The Morgan fingerprint density at radius 3 is 1.64 bits per heavy atom. The molecule has 0 fully saturated rings. The highest BCUT2D eigenvalue weighted by atomic mass is 31.2. The Balaban J connectivity index is 2.27. The van der Waals surface area contributed by atoms with Gasteiger partial charge in [-0.05, 0) is 38.8 Å². The van der Waals surface area contributed by atoms with Gasteiger partial charge in [0.15, 0.2) is 0 Å². The molecular formula is C18H20FO2P. The molecule has 0 atom stereocenters. The van der Waals surface area contributed by atoms with Crippen molar-refractivity contribution in [2.45, 2.75) is 40.5 Å². The molecule has 0 aliphatic carbocycles. The lowest BCUT2D eigenvalue weighted by atomic mass is 9.87. The van der Waals surface area contributed by atoms with Crippen molar-refractivity contribution in [1.29, 1.82) is 0 Å². The summed E-state index contributed by atoms with van der Waals surface area (Å²) in [6.07, 6.45) is 0. The predicted octanol–water partition coefficient (Wildman–Crippen LogP) is 6.04. The van der Waals surface area contributed by atoms with Gasteiger partial charge >= 0.3 is 8.69 Å². The highest BCUT2D eigenvalue weighted by molar-refractivity contribution is 7.42. The zero-order chi connectivity index (χ0) is 16.0. The van der Waals surface area contributed by atoms with Crippen molar-refractivity contribution in [3.8, 4) is 11.5 Å². The summed E-state index contributed by atoms with van der Waals surface area (Å²) in [5.74, 6) is 1.33. The van der Waals surface area contributed by atoms with Gasteiger partial charge in [-0.3, -0.25) is 0 Å². The molecule has 0 unspecified atom stereocenters. The highest BCUT2D eigenvalue weighted by Gasteiger charge is 2.29. The van der Waals surface area contributed by atoms with Crippen LogP contribution in [0.3, 0.4) is 0 Å². The molecule has 0 saturated carbocycles. The minimum Gasteiger partial charge on any atom is -0.414 e. The van der Waals surface area contributed by atoms with Gasteiger partial charge in [0.2, 0.25) is 0 Å². The topological polar surface area (TPSA) is 18.5 Å². The molecule has 0 N–H and O–H groups in total. The summed E-state index contributed by atoms with van der Waals surface area (Å²) in [4.78, 5) is 0. The van der Waals surface area contributed by atoms with E-state index in [1.807, 2.05) is 26.0 Å². The molecule has 1 aliphatic rings. The summed E-state index contributed by atoms with van der Waals surface area (Å²) >= 11 is 0. The molecule has 2 aromatic rings. The molecule has 0 radical (unpaired) electrons. The Labute approximate surface area is 132 Å². The van der Waals surface area contributed by atoms with Gasteiger partial charge in [-0.2, -0.15) is 0 Å². The zero-order valence-corrected chi connectivity index (χ0v) is 14.4. The third-order valence-corrected chi connectivity index (χ3v) is 4.81. The second-order valence-electron chi connectivity index (χ2n) is 6.12. The fraction of sp³-hybridized carbons (Fsp3) is 0.333. The van der Waals surface area contributed by atoms with E-state index in [1.54, 1.807) is 0 Å². The number of halogens is 1. The van der Waals surface area contributed by atoms with Crippen LogP contribution < -0.4 is 9.05 Å². The van der Waals surface area contributed by atoms with Crippen LogP contribution in [0.25, 0.3) is 0 Å². The van der Waals surface area contributed by atoms with E-state index >= 15 is 0 Å². The number of benzene rings is 2. The molecule has 4 heteroatoms. The third kappa shape index (κ3) is 2.59. The Morgan fingerprint density at radius 1 is 0.818 bits per heavy atom. The molecule has 0 bridgehead atoms. The minimum atomic E-state index is -2.48. The fourth-order valence-electron chi connectivity index (χ4n) is 3.20. The molecule has 2 aromatic carbocycles. The first-order valence-electron chi connectivity index (χ1n) is 7.41. The van der Waals surface area contributed by atoms with Gasteiger partial charge in [0.1, 0.15) is 11.5 Å². The monoisotopic (exact) mass is 317 g/mol. The summed E-state index contributed by atoms with van der Waals surface area (Å²) in [5, 5.41) is 0. The number of fused-ring (bicyclic) bond motifs is 2. The Hall–Kier alpha value is -1.60. The van der Waals surface area contributed by atoms with Crippen LogP contribution >= 0.6 is 8.69 Å². The van der Waals surface area contributed by atoms with Crippen molar-refractivity contribution in [2.75, 3.05) is 0 Å². The van der Waals surface area contributed by atoms with E-state index in [-0.39, 0.29) is 5.92 Å². The van der Waals surface area contributed by atoms with Crippen molar-refractivity contribution >= 4 is 8.69 Å². The molecule has 1 heterocycles. The summed E-state index contributed by atoms with van der Waals surface area (Å²) in [6.45, 7) is 10.1. The number of rotatable bonds is 0. The molecule has 116 valence electrons. The Morgan fingerprint density at radius 2 is 1.23 bits per heavy atom. The van der Waals surface area contributed by atoms with E-state index in [9.17, 15) is 4.20 Å². The largest absolute Gasteiger partial charge is 0.505 e. The highest BCUT2D eigenvalue weighted by Crippen LogP contribution is 2.52. The van der Waals surface area contributed by atoms with Gasteiger partial charge < -0.3 is 9.05 Å². The molecule has 0 saturated heterocycles. The first-order chi connectivity index (χ1) is 10.4.